The Morgan fingerprint density at radius 2 is 0.958 bits per heavy atom. The van der Waals surface area contributed by atoms with Crippen LogP contribution in [0.1, 0.15) is 142 Å². The highest BCUT2D eigenvalue weighted by Crippen LogP contribution is 2.33. The van der Waals surface area contributed by atoms with Gasteiger partial charge in [0.05, 0.1) is 38.6 Å². The minimum absolute atomic E-state index is 0.224. The molecule has 0 aromatic carbocycles. The molecule has 0 aliphatic carbocycles. The number of aliphatic hydroxyl groups is 11. The number of carbonyl (C=O) groups excluding carboxylic acids is 1. The molecule has 412 valence electrons. The molecule has 12 N–H and O–H groups in total. The summed E-state index contributed by atoms with van der Waals surface area (Å²) in [5, 5.41) is 119. The van der Waals surface area contributed by atoms with Crippen LogP contribution in [0.15, 0.2) is 48.6 Å². The van der Waals surface area contributed by atoms with Gasteiger partial charge in [-0.25, -0.2) is 0 Å². The van der Waals surface area contributed by atoms with Crippen LogP contribution in [-0.2, 0) is 33.2 Å². The van der Waals surface area contributed by atoms with Crippen LogP contribution in [-0.4, -0.2) is 193 Å². The number of unbranched alkanes of at least 4 members (excludes halogenated alkanes) is 14. The number of hydrogen-bond donors (Lipinski definition) is 12. The summed E-state index contributed by atoms with van der Waals surface area (Å²) in [6.07, 6.45) is 9.97. The lowest BCUT2D eigenvalue weighted by atomic mass is 9.96. The molecule has 0 saturated carbocycles. The standard InChI is InChI=1S/C52H91NO18/c1-3-5-7-9-11-13-14-15-16-17-18-19-20-21-22-24-26-28-30-40(58)53-35(36(57)29-27-25-23-12-10-8-6-4-2)34-66-50-46(64)43(61)48(38(32-55)68-50)71-52-47(65)44(62)49(39(33-56)69-52)70-51-45(63)42(60)41(59)37(31-54)67-51/h10,12-14,16-17,27,29,35-39,41-52,54-57,59-65H,3-9,11,15,18-26,28,30-34H2,1-2H3,(H,53,58)/b12-10+,14-13-,17-16-,29-27+. The van der Waals surface area contributed by atoms with E-state index in [4.69, 9.17) is 28.4 Å². The van der Waals surface area contributed by atoms with Crippen LogP contribution in [0.25, 0.3) is 0 Å². The number of hydrogen-bond acceptors (Lipinski definition) is 18. The molecule has 3 aliphatic rings. The fourth-order valence-corrected chi connectivity index (χ4v) is 8.63. The molecular formula is C52H91NO18. The van der Waals surface area contributed by atoms with Crippen molar-refractivity contribution in [1.82, 2.24) is 5.32 Å². The zero-order valence-corrected chi connectivity index (χ0v) is 42.2. The number of nitrogens with one attached hydrogen (secondary N) is 1. The van der Waals surface area contributed by atoms with Crippen molar-refractivity contribution < 1.29 is 89.4 Å². The normalized spacial score (nSPS) is 32.7. The molecule has 17 unspecified atom stereocenters. The van der Waals surface area contributed by atoms with Gasteiger partial charge < -0.3 is 89.9 Å². The van der Waals surface area contributed by atoms with Crippen molar-refractivity contribution in [2.45, 2.75) is 247 Å². The van der Waals surface area contributed by atoms with E-state index in [0.717, 1.165) is 83.5 Å². The van der Waals surface area contributed by atoms with Gasteiger partial charge in [0.15, 0.2) is 18.9 Å². The second-order valence-electron chi connectivity index (χ2n) is 19.0. The molecule has 17 atom stereocenters. The predicted octanol–water partition coefficient (Wildman–Crippen LogP) is 2.36. The van der Waals surface area contributed by atoms with Gasteiger partial charge in [0.2, 0.25) is 5.91 Å². The quantitative estimate of drug-likeness (QED) is 0.0317. The molecule has 71 heavy (non-hydrogen) atoms. The second-order valence-corrected chi connectivity index (χ2v) is 19.0. The highest BCUT2D eigenvalue weighted by Gasteiger charge is 2.53. The summed E-state index contributed by atoms with van der Waals surface area (Å²) in [6.45, 7) is 1.55. The van der Waals surface area contributed by atoms with Crippen molar-refractivity contribution in [1.29, 1.82) is 0 Å². The van der Waals surface area contributed by atoms with Gasteiger partial charge in [-0.05, 0) is 57.8 Å². The molecule has 0 spiro atoms. The van der Waals surface area contributed by atoms with E-state index in [0.29, 0.717) is 12.8 Å². The van der Waals surface area contributed by atoms with Crippen LogP contribution in [0.2, 0.25) is 0 Å². The Morgan fingerprint density at radius 3 is 1.54 bits per heavy atom. The molecule has 0 aromatic heterocycles. The summed E-state index contributed by atoms with van der Waals surface area (Å²) in [6, 6.07) is -0.991. The van der Waals surface area contributed by atoms with Crippen molar-refractivity contribution in [2.24, 2.45) is 0 Å². The third kappa shape index (κ3) is 22.2. The minimum Gasteiger partial charge on any atom is -0.394 e. The molecule has 19 heteroatoms. The Bertz CT molecular complexity index is 1500. The highest BCUT2D eigenvalue weighted by atomic mass is 16.8. The average molecular weight is 1020 g/mol. The van der Waals surface area contributed by atoms with Gasteiger partial charge in [0, 0.05) is 6.42 Å². The lowest BCUT2D eigenvalue weighted by molar-refractivity contribution is -0.379. The Labute approximate surface area is 421 Å². The molecule has 3 saturated heterocycles. The first-order valence-corrected chi connectivity index (χ1v) is 26.4. The predicted molar refractivity (Wildman–Crippen MR) is 263 cm³/mol. The van der Waals surface area contributed by atoms with E-state index in [1.165, 1.54) is 25.7 Å². The summed E-state index contributed by atoms with van der Waals surface area (Å²) in [5.41, 5.74) is 0. The number of aliphatic hydroxyl groups excluding tert-OH is 11. The van der Waals surface area contributed by atoms with Gasteiger partial charge >= 0.3 is 0 Å². The van der Waals surface area contributed by atoms with E-state index in [-0.39, 0.29) is 18.9 Å². The topological polar surface area (TPSA) is 307 Å². The van der Waals surface area contributed by atoms with Crippen LogP contribution in [0.3, 0.4) is 0 Å². The molecule has 3 aliphatic heterocycles. The maximum absolute atomic E-state index is 13.2. The summed E-state index contributed by atoms with van der Waals surface area (Å²) in [5.74, 6) is -0.301. The molecule has 3 fully saturated rings. The van der Waals surface area contributed by atoms with Crippen molar-refractivity contribution >= 4 is 5.91 Å². The van der Waals surface area contributed by atoms with Gasteiger partial charge in [-0.3, -0.25) is 4.79 Å². The fraction of sp³-hybridized carbons (Fsp3) is 0.827. The van der Waals surface area contributed by atoms with Crippen molar-refractivity contribution in [3.05, 3.63) is 48.6 Å². The van der Waals surface area contributed by atoms with Crippen LogP contribution < -0.4 is 5.32 Å². The number of amides is 1. The van der Waals surface area contributed by atoms with Crippen LogP contribution in [0.5, 0.6) is 0 Å². The molecule has 0 radical (unpaired) electrons. The van der Waals surface area contributed by atoms with Gasteiger partial charge in [0.25, 0.3) is 0 Å². The molecule has 0 bridgehead atoms. The molecule has 1 amide bonds. The van der Waals surface area contributed by atoms with E-state index in [1.807, 2.05) is 6.08 Å². The summed E-state index contributed by atoms with van der Waals surface area (Å²) >= 11 is 0. The van der Waals surface area contributed by atoms with Crippen molar-refractivity contribution in [2.75, 3.05) is 26.4 Å². The molecular weight excluding hydrogens is 927 g/mol. The first-order chi connectivity index (χ1) is 34.3. The van der Waals surface area contributed by atoms with Crippen LogP contribution >= 0.6 is 0 Å². The fourth-order valence-electron chi connectivity index (χ4n) is 8.63. The summed E-state index contributed by atoms with van der Waals surface area (Å²) in [7, 11) is 0. The zero-order chi connectivity index (χ0) is 52.0. The first-order valence-electron chi connectivity index (χ1n) is 26.4. The van der Waals surface area contributed by atoms with Crippen molar-refractivity contribution in [3.8, 4) is 0 Å². The lowest BCUT2D eigenvalue weighted by Crippen LogP contribution is -2.66. The minimum atomic E-state index is -1.98. The largest absolute Gasteiger partial charge is 0.394 e. The third-order valence-corrected chi connectivity index (χ3v) is 13.1. The maximum atomic E-state index is 13.2. The number of rotatable bonds is 36. The SMILES string of the molecule is CCCC/C=C/CC/C=C/C(O)C(COC1OC(CO)C(OC2OC(CO)C(OC3OC(CO)C(O)C(O)C3O)C(O)C2O)C(O)C1O)NC(=O)CCCCCCCCC/C=C\C/C=C\CCCCCC. The van der Waals surface area contributed by atoms with Crippen LogP contribution in [0.4, 0.5) is 0 Å². The molecule has 19 nitrogen and oxygen atoms in total. The Hall–Kier alpha value is -2.25. The zero-order valence-electron chi connectivity index (χ0n) is 42.2. The van der Waals surface area contributed by atoms with E-state index in [2.05, 4.69) is 55.6 Å². The Morgan fingerprint density at radius 1 is 0.507 bits per heavy atom. The first kappa shape index (κ1) is 63.0. The second kappa shape index (κ2) is 36.7. The number of ether oxygens (including phenoxy) is 6. The Kier molecular flexibility index (Phi) is 32.5. The average Bonchev–Trinajstić information content (AvgIpc) is 3.36. The summed E-state index contributed by atoms with van der Waals surface area (Å²) < 4.78 is 34.0. The Balaban J connectivity index is 1.52. The molecule has 3 heterocycles. The smallest absolute Gasteiger partial charge is 0.220 e. The van der Waals surface area contributed by atoms with E-state index >= 15 is 0 Å². The van der Waals surface area contributed by atoms with E-state index < -0.39 is 124 Å². The number of carbonyl (C=O) groups is 1. The van der Waals surface area contributed by atoms with Gasteiger partial charge in [-0.1, -0.05) is 127 Å². The van der Waals surface area contributed by atoms with Gasteiger partial charge in [-0.15, -0.1) is 0 Å². The highest BCUT2D eigenvalue weighted by molar-refractivity contribution is 5.76. The van der Waals surface area contributed by atoms with E-state index in [9.17, 15) is 61.0 Å². The molecule has 3 rings (SSSR count). The van der Waals surface area contributed by atoms with E-state index in [1.54, 1.807) is 6.08 Å². The third-order valence-electron chi connectivity index (χ3n) is 13.1. The van der Waals surface area contributed by atoms with Crippen molar-refractivity contribution in [3.63, 3.8) is 0 Å². The van der Waals surface area contributed by atoms with Gasteiger partial charge in [0.1, 0.15) is 73.2 Å². The van der Waals surface area contributed by atoms with Gasteiger partial charge in [-0.2, -0.15) is 0 Å². The van der Waals surface area contributed by atoms with Crippen LogP contribution in [0, 0.1) is 0 Å². The number of allylic oxidation sites excluding steroid dienone is 7. The summed E-state index contributed by atoms with van der Waals surface area (Å²) in [4.78, 5) is 13.2. The molecule has 0 aromatic rings. The lowest BCUT2D eigenvalue weighted by Gasteiger charge is -2.48. The maximum Gasteiger partial charge on any atom is 0.220 e. The monoisotopic (exact) mass is 1020 g/mol.